The van der Waals surface area contributed by atoms with Crippen molar-refractivity contribution in [2.24, 2.45) is 5.92 Å². The van der Waals surface area contributed by atoms with Crippen LogP contribution in [0.4, 0.5) is 5.69 Å². The molecule has 0 radical (unpaired) electrons. The molecule has 0 aliphatic carbocycles. The van der Waals surface area contributed by atoms with Gasteiger partial charge < -0.3 is 5.32 Å². The van der Waals surface area contributed by atoms with Crippen molar-refractivity contribution >= 4 is 23.0 Å². The summed E-state index contributed by atoms with van der Waals surface area (Å²) in [6.45, 7) is 0. The van der Waals surface area contributed by atoms with Crippen LogP contribution in [-0.2, 0) is 0 Å². The second kappa shape index (κ2) is 8.22. The number of hydrogen-bond acceptors (Lipinski definition) is 5. The average molecular weight is 358 g/mol. The number of nitrogens with one attached hydrogen (secondary N) is 1. The number of aromatic nitrogens is 1. The van der Waals surface area contributed by atoms with Gasteiger partial charge in [0.25, 0.3) is 0 Å². The van der Waals surface area contributed by atoms with Crippen LogP contribution in [0.5, 0.6) is 0 Å². The number of rotatable bonds is 4. The zero-order chi connectivity index (χ0) is 19.0. The topological polar surface area (TPSA) is 114 Å². The molecule has 0 fully saturated rings. The van der Waals surface area contributed by atoms with Crippen molar-refractivity contribution in [1.82, 2.24) is 0 Å². The van der Waals surface area contributed by atoms with Crippen molar-refractivity contribution in [2.45, 2.75) is 5.54 Å². The van der Waals surface area contributed by atoms with Gasteiger partial charge in [-0.05, 0) is 24.4 Å². The highest BCUT2D eigenvalue weighted by Gasteiger charge is 2.53. The maximum absolute atomic E-state index is 9.74. The molecule has 0 unspecified atom stereocenters. The smallest absolute Gasteiger partial charge is 0.301 e. The zero-order valence-electron chi connectivity index (χ0n) is 13.4. The number of benzene rings is 1. The molecule has 0 atom stereocenters. The van der Waals surface area contributed by atoms with Crippen molar-refractivity contribution in [1.29, 1.82) is 21.0 Å². The predicted molar refractivity (Wildman–Crippen MR) is 96.2 cm³/mol. The molecule has 0 saturated heterocycles. The minimum atomic E-state index is -2.14. The van der Waals surface area contributed by atoms with Crippen molar-refractivity contribution < 1.29 is 4.68 Å². The number of pyridine rings is 1. The quantitative estimate of drug-likeness (QED) is 0.654. The van der Waals surface area contributed by atoms with E-state index in [1.54, 1.807) is 79.1 Å². The minimum Gasteiger partial charge on any atom is -0.328 e. The SMILES string of the molecule is N#CC(C#N)C(C#N)(C#N)N(C(=S)Nc1ccccc1)[n+]1ccccc1. The molecule has 0 amide bonds. The summed E-state index contributed by atoms with van der Waals surface area (Å²) in [7, 11) is 0. The van der Waals surface area contributed by atoms with Crippen molar-refractivity contribution in [3.8, 4) is 24.3 Å². The van der Waals surface area contributed by atoms with E-state index in [1.807, 2.05) is 6.07 Å². The van der Waals surface area contributed by atoms with Crippen LogP contribution >= 0.6 is 12.2 Å². The maximum Gasteiger partial charge on any atom is 0.301 e. The first-order valence-electron chi connectivity index (χ1n) is 7.37. The Hall–Kier alpha value is -3.98. The molecule has 0 saturated carbocycles. The van der Waals surface area contributed by atoms with E-state index < -0.39 is 11.5 Å². The first-order chi connectivity index (χ1) is 12.6. The van der Waals surface area contributed by atoms with E-state index in [-0.39, 0.29) is 5.11 Å². The number of thiocarbonyl (C=S) groups is 1. The molecule has 7 nitrogen and oxygen atoms in total. The van der Waals surface area contributed by atoms with Crippen LogP contribution in [0.3, 0.4) is 0 Å². The van der Waals surface area contributed by atoms with Gasteiger partial charge in [0.2, 0.25) is 5.11 Å². The van der Waals surface area contributed by atoms with Crippen LogP contribution < -0.4 is 15.0 Å². The molecule has 2 aromatic rings. The molecule has 1 N–H and O–H groups in total. The van der Waals surface area contributed by atoms with Gasteiger partial charge >= 0.3 is 5.54 Å². The van der Waals surface area contributed by atoms with Gasteiger partial charge in [0.05, 0.1) is 12.1 Å². The number of para-hydroxylation sites is 1. The van der Waals surface area contributed by atoms with Gasteiger partial charge in [-0.2, -0.15) is 21.0 Å². The standard InChI is InChI=1S/C18H11N7S/c19-11-15(12-20)18(13-21,14-22)25(24-9-5-2-6-10-24)17(26)23-16-7-3-1-4-8-16/h1-10,15H/p+1. The van der Waals surface area contributed by atoms with Gasteiger partial charge in [-0.25, -0.2) is 0 Å². The summed E-state index contributed by atoms with van der Waals surface area (Å²) < 4.78 is 1.40. The van der Waals surface area contributed by atoms with Crippen LogP contribution in [0.2, 0.25) is 0 Å². The van der Waals surface area contributed by atoms with Crippen molar-refractivity contribution in [3.63, 3.8) is 0 Å². The summed E-state index contributed by atoms with van der Waals surface area (Å²) in [5.41, 5.74) is -1.51. The molecule has 1 aromatic heterocycles. The monoisotopic (exact) mass is 358 g/mol. The number of nitriles is 4. The highest BCUT2D eigenvalue weighted by atomic mass is 32.1. The summed E-state index contributed by atoms with van der Waals surface area (Å²) in [4.78, 5) is 0. The second-order valence-corrected chi connectivity index (χ2v) is 5.43. The molecule has 26 heavy (non-hydrogen) atoms. The molecule has 8 heteroatoms. The minimum absolute atomic E-state index is 0.00833. The molecular weight excluding hydrogens is 346 g/mol. The van der Waals surface area contributed by atoms with Gasteiger partial charge in [0, 0.05) is 17.8 Å². The molecule has 1 heterocycles. The van der Waals surface area contributed by atoms with Crippen molar-refractivity contribution in [3.05, 3.63) is 60.9 Å². The summed E-state index contributed by atoms with van der Waals surface area (Å²) in [5.74, 6) is -1.55. The predicted octanol–water partition coefficient (Wildman–Crippen LogP) is 1.76. The van der Waals surface area contributed by atoms with Crippen molar-refractivity contribution in [2.75, 3.05) is 10.3 Å². The lowest BCUT2D eigenvalue weighted by atomic mass is 9.88. The Labute approximate surface area is 156 Å². The fourth-order valence-corrected chi connectivity index (χ4v) is 2.61. The normalized spacial score (nSPS) is 9.88. The lowest BCUT2D eigenvalue weighted by Gasteiger charge is -2.29. The first kappa shape index (κ1) is 18.4. The van der Waals surface area contributed by atoms with E-state index >= 15 is 0 Å². The fourth-order valence-electron chi connectivity index (χ4n) is 2.25. The van der Waals surface area contributed by atoms with Crippen LogP contribution in [0.1, 0.15) is 0 Å². The van der Waals surface area contributed by atoms with Crippen LogP contribution in [0.25, 0.3) is 0 Å². The van der Waals surface area contributed by atoms with E-state index in [2.05, 4.69) is 5.32 Å². The molecule has 124 valence electrons. The Bertz CT molecular complexity index is 918. The Morgan fingerprint density at radius 2 is 1.50 bits per heavy atom. The zero-order valence-corrected chi connectivity index (χ0v) is 14.3. The Kier molecular flexibility index (Phi) is 5.80. The van der Waals surface area contributed by atoms with Gasteiger partial charge in [0.15, 0.2) is 18.3 Å². The first-order valence-corrected chi connectivity index (χ1v) is 7.78. The summed E-state index contributed by atoms with van der Waals surface area (Å²) in [6, 6.07) is 21.1. The molecule has 0 aliphatic heterocycles. The largest absolute Gasteiger partial charge is 0.328 e. The molecule has 0 bridgehead atoms. The van der Waals surface area contributed by atoms with Gasteiger partial charge in [0.1, 0.15) is 12.1 Å². The lowest BCUT2D eigenvalue weighted by Crippen LogP contribution is -2.73. The maximum atomic E-state index is 9.74. The average Bonchev–Trinajstić information content (AvgIpc) is 2.69. The Balaban J connectivity index is 2.60. The molecular formula is C18H12N7S+. The highest BCUT2D eigenvalue weighted by Crippen LogP contribution is 2.22. The van der Waals surface area contributed by atoms with E-state index in [9.17, 15) is 21.0 Å². The Morgan fingerprint density at radius 1 is 0.962 bits per heavy atom. The third kappa shape index (κ3) is 3.42. The van der Waals surface area contributed by atoms with E-state index in [0.29, 0.717) is 5.69 Å². The molecule has 0 spiro atoms. The van der Waals surface area contributed by atoms with Crippen LogP contribution in [0.15, 0.2) is 60.9 Å². The number of hydrogen-bond donors (Lipinski definition) is 1. The molecule has 2 rings (SSSR count). The van der Waals surface area contributed by atoms with Crippen LogP contribution in [0, 0.1) is 51.2 Å². The third-order valence-corrected chi connectivity index (χ3v) is 3.77. The summed E-state index contributed by atoms with van der Waals surface area (Å²) >= 11 is 5.41. The second-order valence-electron chi connectivity index (χ2n) is 5.04. The molecule has 1 aromatic carbocycles. The third-order valence-electron chi connectivity index (χ3n) is 3.50. The van der Waals surface area contributed by atoms with Crippen LogP contribution in [-0.4, -0.2) is 10.7 Å². The molecule has 0 aliphatic rings. The van der Waals surface area contributed by atoms with E-state index in [1.165, 1.54) is 4.68 Å². The van der Waals surface area contributed by atoms with Gasteiger partial charge in [-0.1, -0.05) is 34.0 Å². The lowest BCUT2D eigenvalue weighted by molar-refractivity contribution is -0.686. The van der Waals surface area contributed by atoms with E-state index in [0.717, 1.165) is 5.01 Å². The van der Waals surface area contributed by atoms with Gasteiger partial charge in [-0.15, -0.1) is 0 Å². The number of anilines is 1. The van der Waals surface area contributed by atoms with Gasteiger partial charge in [-0.3, -0.25) is 0 Å². The highest BCUT2D eigenvalue weighted by molar-refractivity contribution is 7.80. The summed E-state index contributed by atoms with van der Waals surface area (Å²) in [5, 5.41) is 42.2. The van der Waals surface area contributed by atoms with E-state index in [4.69, 9.17) is 12.2 Å². The Morgan fingerprint density at radius 3 is 2.00 bits per heavy atom. The fraction of sp³-hybridized carbons (Fsp3) is 0.111. The number of nitrogens with zero attached hydrogens (tertiary/aromatic N) is 6. The summed E-state index contributed by atoms with van der Waals surface area (Å²) in [6.07, 6.45) is 3.13.